The Bertz CT molecular complexity index is 362. The Balaban J connectivity index is 1.57. The molecule has 1 fully saturated rings. The highest BCUT2D eigenvalue weighted by Crippen LogP contribution is 2.15. The molecule has 1 aromatic carbocycles. The molecule has 0 spiro atoms. The standard InChI is InChI=1S/C17H26O4/c18-12-16(9-11-21-17-8-4-5-10-20-17)14-19-13-15-6-2-1-3-7-15/h1-3,6-7,16-18H,4-5,8-14H2. The third-order valence-corrected chi connectivity index (χ3v) is 3.69. The molecule has 1 N–H and O–H groups in total. The van der Waals surface area contributed by atoms with E-state index >= 15 is 0 Å². The molecule has 0 aliphatic carbocycles. The maximum atomic E-state index is 9.39. The van der Waals surface area contributed by atoms with E-state index in [0.29, 0.717) is 19.8 Å². The molecule has 0 bridgehead atoms. The smallest absolute Gasteiger partial charge is 0.157 e. The summed E-state index contributed by atoms with van der Waals surface area (Å²) in [6, 6.07) is 10.1. The molecule has 4 nitrogen and oxygen atoms in total. The van der Waals surface area contributed by atoms with Crippen LogP contribution in [0.1, 0.15) is 31.2 Å². The number of rotatable bonds is 9. The van der Waals surface area contributed by atoms with E-state index < -0.39 is 0 Å². The second-order valence-corrected chi connectivity index (χ2v) is 5.50. The van der Waals surface area contributed by atoms with Crippen LogP contribution in [-0.4, -0.2) is 37.8 Å². The van der Waals surface area contributed by atoms with Gasteiger partial charge in [0, 0.05) is 19.1 Å². The molecule has 2 rings (SSSR count). The molecule has 2 atom stereocenters. The van der Waals surface area contributed by atoms with Gasteiger partial charge in [-0.15, -0.1) is 0 Å². The van der Waals surface area contributed by atoms with Crippen LogP contribution >= 0.6 is 0 Å². The van der Waals surface area contributed by atoms with Gasteiger partial charge < -0.3 is 19.3 Å². The van der Waals surface area contributed by atoms with E-state index in [0.717, 1.165) is 31.4 Å². The molecule has 1 heterocycles. The average Bonchev–Trinajstić information content (AvgIpc) is 2.55. The van der Waals surface area contributed by atoms with E-state index in [-0.39, 0.29) is 18.8 Å². The zero-order chi connectivity index (χ0) is 14.8. The van der Waals surface area contributed by atoms with Crippen molar-refractivity contribution in [2.75, 3.05) is 26.4 Å². The molecule has 1 aromatic rings. The number of hydrogen-bond donors (Lipinski definition) is 1. The second kappa shape index (κ2) is 9.90. The van der Waals surface area contributed by atoms with Gasteiger partial charge in [-0.25, -0.2) is 0 Å². The van der Waals surface area contributed by atoms with Crippen LogP contribution in [0.3, 0.4) is 0 Å². The number of benzene rings is 1. The summed E-state index contributed by atoms with van der Waals surface area (Å²) in [5.74, 6) is 0.123. The first-order chi connectivity index (χ1) is 10.4. The molecule has 2 unspecified atom stereocenters. The first kappa shape index (κ1) is 16.4. The van der Waals surface area contributed by atoms with Crippen molar-refractivity contribution in [1.29, 1.82) is 0 Å². The Kier molecular flexibility index (Phi) is 7.75. The van der Waals surface area contributed by atoms with Crippen LogP contribution < -0.4 is 0 Å². The fourth-order valence-electron chi connectivity index (χ4n) is 2.35. The van der Waals surface area contributed by atoms with E-state index in [9.17, 15) is 5.11 Å². The van der Waals surface area contributed by atoms with Crippen LogP contribution in [0.5, 0.6) is 0 Å². The van der Waals surface area contributed by atoms with Crippen LogP contribution in [0.4, 0.5) is 0 Å². The van der Waals surface area contributed by atoms with Crippen molar-refractivity contribution >= 4 is 0 Å². The molecule has 1 saturated heterocycles. The van der Waals surface area contributed by atoms with E-state index in [2.05, 4.69) is 0 Å². The maximum Gasteiger partial charge on any atom is 0.157 e. The van der Waals surface area contributed by atoms with E-state index in [1.165, 1.54) is 6.42 Å². The summed E-state index contributed by atoms with van der Waals surface area (Å²) in [7, 11) is 0. The summed E-state index contributed by atoms with van der Waals surface area (Å²) in [6.07, 6.45) is 4.03. The van der Waals surface area contributed by atoms with E-state index in [1.807, 2.05) is 30.3 Å². The molecule has 21 heavy (non-hydrogen) atoms. The summed E-state index contributed by atoms with van der Waals surface area (Å²) in [5, 5.41) is 9.39. The summed E-state index contributed by atoms with van der Waals surface area (Å²) in [5.41, 5.74) is 1.15. The van der Waals surface area contributed by atoms with Crippen molar-refractivity contribution in [2.45, 2.75) is 38.6 Å². The Morgan fingerprint density at radius 3 is 2.81 bits per heavy atom. The Morgan fingerprint density at radius 2 is 2.10 bits per heavy atom. The van der Waals surface area contributed by atoms with Crippen molar-refractivity contribution in [3.63, 3.8) is 0 Å². The zero-order valence-electron chi connectivity index (χ0n) is 12.6. The quantitative estimate of drug-likeness (QED) is 0.761. The van der Waals surface area contributed by atoms with Gasteiger partial charge in [-0.1, -0.05) is 30.3 Å². The normalized spacial score (nSPS) is 20.3. The summed E-state index contributed by atoms with van der Waals surface area (Å²) < 4.78 is 16.9. The van der Waals surface area contributed by atoms with Crippen LogP contribution in [-0.2, 0) is 20.8 Å². The minimum absolute atomic E-state index is 0.0525. The zero-order valence-corrected chi connectivity index (χ0v) is 12.6. The molecule has 1 aliphatic heterocycles. The minimum atomic E-state index is -0.0525. The molecular formula is C17H26O4. The van der Waals surface area contributed by atoms with Crippen LogP contribution in [0.15, 0.2) is 30.3 Å². The first-order valence-electron chi connectivity index (χ1n) is 7.84. The van der Waals surface area contributed by atoms with Gasteiger partial charge in [0.05, 0.1) is 19.8 Å². The van der Waals surface area contributed by atoms with Gasteiger partial charge in [-0.2, -0.15) is 0 Å². The molecule has 0 aromatic heterocycles. The molecule has 4 heteroatoms. The fourth-order valence-corrected chi connectivity index (χ4v) is 2.35. The fraction of sp³-hybridized carbons (Fsp3) is 0.647. The Labute approximate surface area is 127 Å². The topological polar surface area (TPSA) is 47.9 Å². The summed E-state index contributed by atoms with van der Waals surface area (Å²) >= 11 is 0. The molecule has 0 saturated carbocycles. The largest absolute Gasteiger partial charge is 0.396 e. The lowest BCUT2D eigenvalue weighted by molar-refractivity contribution is -0.165. The van der Waals surface area contributed by atoms with Crippen molar-refractivity contribution in [2.24, 2.45) is 5.92 Å². The lowest BCUT2D eigenvalue weighted by atomic mass is 10.1. The van der Waals surface area contributed by atoms with Gasteiger partial charge in [-0.05, 0) is 31.2 Å². The number of aliphatic hydroxyl groups is 1. The van der Waals surface area contributed by atoms with Crippen molar-refractivity contribution < 1.29 is 19.3 Å². The Morgan fingerprint density at radius 1 is 1.24 bits per heavy atom. The molecular weight excluding hydrogens is 268 g/mol. The summed E-state index contributed by atoms with van der Waals surface area (Å²) in [4.78, 5) is 0. The van der Waals surface area contributed by atoms with E-state index in [1.54, 1.807) is 0 Å². The van der Waals surface area contributed by atoms with Crippen LogP contribution in [0.2, 0.25) is 0 Å². The average molecular weight is 294 g/mol. The van der Waals surface area contributed by atoms with Gasteiger partial charge in [0.2, 0.25) is 0 Å². The number of ether oxygens (including phenoxy) is 3. The van der Waals surface area contributed by atoms with Gasteiger partial charge >= 0.3 is 0 Å². The monoisotopic (exact) mass is 294 g/mol. The highest BCUT2D eigenvalue weighted by Gasteiger charge is 2.15. The third kappa shape index (κ3) is 6.57. The highest BCUT2D eigenvalue weighted by molar-refractivity contribution is 5.13. The molecule has 118 valence electrons. The summed E-state index contributed by atoms with van der Waals surface area (Å²) in [6.45, 7) is 2.69. The lowest BCUT2D eigenvalue weighted by Crippen LogP contribution is -2.24. The minimum Gasteiger partial charge on any atom is -0.396 e. The van der Waals surface area contributed by atoms with Gasteiger partial charge in [0.1, 0.15) is 0 Å². The molecule has 0 amide bonds. The van der Waals surface area contributed by atoms with Crippen LogP contribution in [0, 0.1) is 5.92 Å². The van der Waals surface area contributed by atoms with E-state index in [4.69, 9.17) is 14.2 Å². The van der Waals surface area contributed by atoms with Gasteiger partial charge in [-0.3, -0.25) is 0 Å². The Hall–Kier alpha value is -0.940. The first-order valence-corrected chi connectivity index (χ1v) is 7.84. The van der Waals surface area contributed by atoms with Crippen molar-refractivity contribution in [3.8, 4) is 0 Å². The predicted molar refractivity (Wildman–Crippen MR) is 80.8 cm³/mol. The van der Waals surface area contributed by atoms with Crippen molar-refractivity contribution in [3.05, 3.63) is 35.9 Å². The third-order valence-electron chi connectivity index (χ3n) is 3.69. The highest BCUT2D eigenvalue weighted by atomic mass is 16.7. The molecule has 1 aliphatic rings. The lowest BCUT2D eigenvalue weighted by Gasteiger charge is -2.23. The predicted octanol–water partition coefficient (Wildman–Crippen LogP) is 2.75. The molecule has 0 radical (unpaired) electrons. The van der Waals surface area contributed by atoms with Gasteiger partial charge in [0.15, 0.2) is 6.29 Å². The number of hydrogen-bond acceptors (Lipinski definition) is 4. The maximum absolute atomic E-state index is 9.39. The second-order valence-electron chi connectivity index (χ2n) is 5.50. The SMILES string of the molecule is OCC(CCOC1CCCCO1)COCc1ccccc1. The van der Waals surface area contributed by atoms with Gasteiger partial charge in [0.25, 0.3) is 0 Å². The number of aliphatic hydroxyl groups excluding tert-OH is 1. The van der Waals surface area contributed by atoms with Crippen LogP contribution in [0.25, 0.3) is 0 Å². The van der Waals surface area contributed by atoms with Crippen molar-refractivity contribution in [1.82, 2.24) is 0 Å².